The standard InChI is InChI=1S/C18H13BrO2S/c1-21-15-6-5-13-10-12(2-4-14(13)11-15)3-7-17(20)18-16(19)8-9-22-18/h2-11H,1H3/b7-3+. The zero-order valence-electron chi connectivity index (χ0n) is 11.9. The van der Waals surface area contributed by atoms with E-state index in [0.717, 1.165) is 31.4 Å². The van der Waals surface area contributed by atoms with Gasteiger partial charge in [-0.1, -0.05) is 24.3 Å². The monoisotopic (exact) mass is 372 g/mol. The molecule has 3 aromatic rings. The molecule has 0 saturated heterocycles. The van der Waals surface area contributed by atoms with E-state index in [-0.39, 0.29) is 5.78 Å². The third-order valence-corrected chi connectivity index (χ3v) is 5.19. The first-order valence-corrected chi connectivity index (χ1v) is 8.38. The van der Waals surface area contributed by atoms with Gasteiger partial charge in [0.1, 0.15) is 5.75 Å². The van der Waals surface area contributed by atoms with Gasteiger partial charge in [0.05, 0.1) is 12.0 Å². The largest absolute Gasteiger partial charge is 0.497 e. The van der Waals surface area contributed by atoms with Gasteiger partial charge in [0.25, 0.3) is 0 Å². The lowest BCUT2D eigenvalue weighted by atomic mass is 10.1. The molecule has 2 nitrogen and oxygen atoms in total. The van der Waals surface area contributed by atoms with E-state index >= 15 is 0 Å². The lowest BCUT2D eigenvalue weighted by Crippen LogP contribution is -1.90. The average Bonchev–Trinajstić information content (AvgIpc) is 2.98. The van der Waals surface area contributed by atoms with Crippen LogP contribution in [0.3, 0.4) is 0 Å². The Kier molecular flexibility index (Phi) is 4.41. The summed E-state index contributed by atoms with van der Waals surface area (Å²) in [6.45, 7) is 0. The van der Waals surface area contributed by atoms with E-state index in [1.807, 2.05) is 47.9 Å². The zero-order valence-corrected chi connectivity index (χ0v) is 14.3. The first kappa shape index (κ1) is 15.0. The van der Waals surface area contributed by atoms with Crippen molar-refractivity contribution in [2.24, 2.45) is 0 Å². The number of rotatable bonds is 4. The highest BCUT2D eigenvalue weighted by molar-refractivity contribution is 9.10. The summed E-state index contributed by atoms with van der Waals surface area (Å²) in [4.78, 5) is 12.8. The number of ether oxygens (including phenoxy) is 1. The molecule has 0 unspecified atom stereocenters. The van der Waals surface area contributed by atoms with Crippen molar-refractivity contribution in [1.82, 2.24) is 0 Å². The Bertz CT molecular complexity index is 864. The van der Waals surface area contributed by atoms with Crippen molar-refractivity contribution >= 4 is 49.9 Å². The fourth-order valence-corrected chi connectivity index (χ4v) is 3.68. The minimum atomic E-state index is 0.0108. The molecule has 0 aliphatic rings. The summed E-state index contributed by atoms with van der Waals surface area (Å²) in [5.41, 5.74) is 0.999. The summed E-state index contributed by atoms with van der Waals surface area (Å²) in [5, 5.41) is 4.13. The van der Waals surface area contributed by atoms with Gasteiger partial charge in [0, 0.05) is 4.47 Å². The molecule has 0 fully saturated rings. The SMILES string of the molecule is COc1ccc2cc(/C=C/C(=O)c3sccc3Br)ccc2c1. The van der Waals surface area contributed by atoms with Crippen molar-refractivity contribution < 1.29 is 9.53 Å². The molecule has 22 heavy (non-hydrogen) atoms. The fourth-order valence-electron chi connectivity index (χ4n) is 2.19. The molecule has 0 radical (unpaired) electrons. The molecule has 0 amide bonds. The molecule has 3 rings (SSSR count). The number of benzene rings is 2. The number of halogens is 1. The number of carbonyl (C=O) groups excluding carboxylic acids is 1. The Hall–Kier alpha value is -1.91. The van der Waals surface area contributed by atoms with Crippen LogP contribution in [0.5, 0.6) is 5.75 Å². The second-order valence-electron chi connectivity index (χ2n) is 4.77. The number of allylic oxidation sites excluding steroid dienone is 1. The maximum Gasteiger partial charge on any atom is 0.196 e. The van der Waals surface area contributed by atoms with E-state index in [9.17, 15) is 4.79 Å². The summed E-state index contributed by atoms with van der Waals surface area (Å²) >= 11 is 4.82. The van der Waals surface area contributed by atoms with E-state index < -0.39 is 0 Å². The molecule has 4 heteroatoms. The lowest BCUT2D eigenvalue weighted by molar-refractivity contribution is 0.105. The average molecular weight is 373 g/mol. The van der Waals surface area contributed by atoms with Crippen LogP contribution in [0.25, 0.3) is 16.8 Å². The van der Waals surface area contributed by atoms with E-state index in [2.05, 4.69) is 22.0 Å². The van der Waals surface area contributed by atoms with Gasteiger partial charge in [0.15, 0.2) is 5.78 Å². The van der Waals surface area contributed by atoms with Crippen LogP contribution in [0.1, 0.15) is 15.2 Å². The molecule has 110 valence electrons. The molecule has 1 heterocycles. The van der Waals surface area contributed by atoms with Gasteiger partial charge in [0.2, 0.25) is 0 Å². The second kappa shape index (κ2) is 6.46. The first-order chi connectivity index (χ1) is 10.7. The van der Waals surface area contributed by atoms with Crippen LogP contribution in [0.4, 0.5) is 0 Å². The Morgan fingerprint density at radius 2 is 1.91 bits per heavy atom. The van der Waals surface area contributed by atoms with Crippen molar-refractivity contribution in [2.75, 3.05) is 7.11 Å². The lowest BCUT2D eigenvalue weighted by Gasteiger charge is -2.03. The molecule has 1 aromatic heterocycles. The van der Waals surface area contributed by atoms with E-state index in [1.165, 1.54) is 11.3 Å². The highest BCUT2D eigenvalue weighted by Crippen LogP contribution is 2.25. The van der Waals surface area contributed by atoms with E-state index in [1.54, 1.807) is 13.2 Å². The molecular formula is C18H13BrO2S. The molecule has 0 aliphatic carbocycles. The summed E-state index contributed by atoms with van der Waals surface area (Å²) in [6.07, 6.45) is 3.46. The number of methoxy groups -OCH3 is 1. The van der Waals surface area contributed by atoms with Gasteiger partial charge in [-0.2, -0.15) is 0 Å². The number of thiophene rings is 1. The fraction of sp³-hybridized carbons (Fsp3) is 0.0556. The Balaban J connectivity index is 1.86. The number of hydrogen-bond acceptors (Lipinski definition) is 3. The molecule has 0 bridgehead atoms. The Labute approximate surface area is 141 Å². The minimum Gasteiger partial charge on any atom is -0.497 e. The molecular weight excluding hydrogens is 360 g/mol. The van der Waals surface area contributed by atoms with Crippen molar-refractivity contribution in [2.45, 2.75) is 0 Å². The van der Waals surface area contributed by atoms with Crippen molar-refractivity contribution in [1.29, 1.82) is 0 Å². The van der Waals surface area contributed by atoms with Crippen LogP contribution >= 0.6 is 27.3 Å². The normalized spacial score (nSPS) is 11.2. The predicted molar refractivity (Wildman–Crippen MR) is 95.9 cm³/mol. The van der Waals surface area contributed by atoms with Gasteiger partial charge in [-0.05, 0) is 68.0 Å². The number of hydrogen-bond donors (Lipinski definition) is 0. The highest BCUT2D eigenvalue weighted by atomic mass is 79.9. The number of carbonyl (C=O) groups is 1. The second-order valence-corrected chi connectivity index (χ2v) is 6.54. The number of fused-ring (bicyclic) bond motifs is 1. The Morgan fingerprint density at radius 3 is 2.64 bits per heavy atom. The van der Waals surface area contributed by atoms with Crippen molar-refractivity contribution in [3.63, 3.8) is 0 Å². The van der Waals surface area contributed by atoms with E-state index in [0.29, 0.717) is 0 Å². The minimum absolute atomic E-state index is 0.0108. The third kappa shape index (κ3) is 3.13. The maximum atomic E-state index is 12.1. The molecule has 0 atom stereocenters. The topological polar surface area (TPSA) is 26.3 Å². The van der Waals surface area contributed by atoms with Gasteiger partial charge in [-0.3, -0.25) is 4.79 Å². The smallest absolute Gasteiger partial charge is 0.196 e. The quantitative estimate of drug-likeness (QED) is 0.442. The summed E-state index contributed by atoms with van der Waals surface area (Å²) < 4.78 is 6.07. The summed E-state index contributed by atoms with van der Waals surface area (Å²) in [6, 6.07) is 13.9. The van der Waals surface area contributed by atoms with Crippen LogP contribution in [0, 0.1) is 0 Å². The predicted octanol–water partition coefficient (Wildman–Crippen LogP) is 5.57. The van der Waals surface area contributed by atoms with Crippen LogP contribution in [-0.2, 0) is 0 Å². The Morgan fingerprint density at radius 1 is 1.14 bits per heavy atom. The maximum absolute atomic E-state index is 12.1. The van der Waals surface area contributed by atoms with Crippen LogP contribution in [0.15, 0.2) is 58.4 Å². The summed E-state index contributed by atoms with van der Waals surface area (Å²) in [5.74, 6) is 0.852. The van der Waals surface area contributed by atoms with E-state index in [4.69, 9.17) is 4.74 Å². The zero-order chi connectivity index (χ0) is 15.5. The third-order valence-electron chi connectivity index (χ3n) is 3.34. The van der Waals surface area contributed by atoms with Crippen LogP contribution in [0.2, 0.25) is 0 Å². The van der Waals surface area contributed by atoms with Crippen LogP contribution in [-0.4, -0.2) is 12.9 Å². The first-order valence-electron chi connectivity index (χ1n) is 6.70. The number of ketones is 1. The van der Waals surface area contributed by atoms with Gasteiger partial charge in [-0.15, -0.1) is 11.3 Å². The van der Waals surface area contributed by atoms with Crippen LogP contribution < -0.4 is 4.74 Å². The molecule has 0 N–H and O–H groups in total. The summed E-state index contributed by atoms with van der Waals surface area (Å²) in [7, 11) is 1.66. The molecule has 0 aliphatic heterocycles. The molecule has 0 spiro atoms. The molecule has 2 aromatic carbocycles. The van der Waals surface area contributed by atoms with Crippen molar-refractivity contribution in [3.05, 3.63) is 68.8 Å². The van der Waals surface area contributed by atoms with Gasteiger partial charge >= 0.3 is 0 Å². The van der Waals surface area contributed by atoms with Gasteiger partial charge < -0.3 is 4.74 Å². The molecule has 0 saturated carbocycles. The highest BCUT2D eigenvalue weighted by Gasteiger charge is 2.07. The van der Waals surface area contributed by atoms with Crippen molar-refractivity contribution in [3.8, 4) is 5.75 Å². The van der Waals surface area contributed by atoms with Gasteiger partial charge in [-0.25, -0.2) is 0 Å².